The highest BCUT2D eigenvalue weighted by Gasteiger charge is 1.98. The van der Waals surface area contributed by atoms with Crippen molar-refractivity contribution in [2.75, 3.05) is 0 Å². The van der Waals surface area contributed by atoms with E-state index in [9.17, 15) is 4.39 Å². The lowest BCUT2D eigenvalue weighted by Gasteiger charge is -2.00. The lowest BCUT2D eigenvalue weighted by Crippen LogP contribution is -2.29. The lowest BCUT2D eigenvalue weighted by atomic mass is 10.2. The summed E-state index contributed by atoms with van der Waals surface area (Å²) >= 11 is 4.78. The SMILES string of the molecule is NNC(=S)c1cccc(F)c1. The van der Waals surface area contributed by atoms with E-state index in [2.05, 4.69) is 5.43 Å². The van der Waals surface area contributed by atoms with E-state index in [0.717, 1.165) is 0 Å². The van der Waals surface area contributed by atoms with Crippen molar-refractivity contribution in [2.45, 2.75) is 0 Å². The summed E-state index contributed by atoms with van der Waals surface area (Å²) in [6.45, 7) is 0. The molecule has 0 aromatic heterocycles. The quantitative estimate of drug-likeness (QED) is 0.374. The molecule has 0 saturated heterocycles. The second kappa shape index (κ2) is 3.41. The third-order valence-electron chi connectivity index (χ3n) is 1.22. The van der Waals surface area contributed by atoms with Crippen LogP contribution in [0.4, 0.5) is 4.39 Å². The summed E-state index contributed by atoms with van der Waals surface area (Å²) < 4.78 is 12.5. The van der Waals surface area contributed by atoms with Crippen LogP contribution in [0.3, 0.4) is 0 Å². The molecule has 2 nitrogen and oxygen atoms in total. The summed E-state index contributed by atoms with van der Waals surface area (Å²) in [5, 5.41) is 0. The molecule has 0 aliphatic heterocycles. The molecule has 58 valence electrons. The number of rotatable bonds is 1. The van der Waals surface area contributed by atoms with Crippen molar-refractivity contribution in [3.63, 3.8) is 0 Å². The molecule has 11 heavy (non-hydrogen) atoms. The van der Waals surface area contributed by atoms with Gasteiger partial charge in [0.05, 0.1) is 0 Å². The fourth-order valence-corrected chi connectivity index (χ4v) is 0.840. The van der Waals surface area contributed by atoms with Gasteiger partial charge in [-0.25, -0.2) is 10.2 Å². The molecule has 0 atom stereocenters. The van der Waals surface area contributed by atoms with Gasteiger partial charge in [-0.15, -0.1) is 0 Å². The number of benzene rings is 1. The summed E-state index contributed by atoms with van der Waals surface area (Å²) in [5.41, 5.74) is 2.86. The van der Waals surface area contributed by atoms with E-state index in [1.807, 2.05) is 0 Å². The van der Waals surface area contributed by atoms with E-state index < -0.39 is 0 Å². The van der Waals surface area contributed by atoms with Crippen molar-refractivity contribution < 1.29 is 4.39 Å². The van der Waals surface area contributed by atoms with Crippen LogP contribution in [0.2, 0.25) is 0 Å². The third-order valence-corrected chi connectivity index (χ3v) is 1.57. The predicted molar refractivity (Wildman–Crippen MR) is 45.4 cm³/mol. The van der Waals surface area contributed by atoms with Gasteiger partial charge in [0.25, 0.3) is 0 Å². The molecule has 1 aromatic rings. The number of hydrazine groups is 1. The zero-order chi connectivity index (χ0) is 8.27. The van der Waals surface area contributed by atoms with Gasteiger partial charge in [0.2, 0.25) is 0 Å². The van der Waals surface area contributed by atoms with Gasteiger partial charge in [-0.3, -0.25) is 0 Å². The molecule has 1 rings (SSSR count). The van der Waals surface area contributed by atoms with Crippen molar-refractivity contribution in [3.8, 4) is 0 Å². The van der Waals surface area contributed by atoms with Crippen LogP contribution in [-0.2, 0) is 0 Å². The Morgan fingerprint density at radius 2 is 2.27 bits per heavy atom. The number of nitrogens with two attached hydrogens (primary N) is 1. The third kappa shape index (κ3) is 1.96. The van der Waals surface area contributed by atoms with E-state index in [1.165, 1.54) is 12.1 Å². The molecule has 0 aliphatic carbocycles. The molecule has 3 N–H and O–H groups in total. The number of hydrogen-bond acceptors (Lipinski definition) is 2. The fraction of sp³-hybridized carbons (Fsp3) is 0. The molecule has 1 aromatic carbocycles. The van der Waals surface area contributed by atoms with Crippen LogP contribution in [0.25, 0.3) is 0 Å². The molecule has 0 heterocycles. The van der Waals surface area contributed by atoms with Gasteiger partial charge in [-0.05, 0) is 12.1 Å². The van der Waals surface area contributed by atoms with E-state index in [1.54, 1.807) is 12.1 Å². The minimum Gasteiger partial charge on any atom is -0.314 e. The van der Waals surface area contributed by atoms with Gasteiger partial charge in [-0.2, -0.15) is 0 Å². The van der Waals surface area contributed by atoms with E-state index in [4.69, 9.17) is 18.1 Å². The molecule has 0 unspecified atom stereocenters. The van der Waals surface area contributed by atoms with Crippen molar-refractivity contribution in [2.24, 2.45) is 5.84 Å². The Balaban J connectivity index is 2.96. The molecular formula is C7H7FN2S. The summed E-state index contributed by atoms with van der Waals surface area (Å²) in [6.07, 6.45) is 0. The lowest BCUT2D eigenvalue weighted by molar-refractivity contribution is 0.627. The summed E-state index contributed by atoms with van der Waals surface area (Å²) in [5.74, 6) is 4.72. The summed E-state index contributed by atoms with van der Waals surface area (Å²) in [4.78, 5) is 0.338. The van der Waals surface area contributed by atoms with E-state index in [-0.39, 0.29) is 5.82 Å². The highest BCUT2D eigenvalue weighted by molar-refractivity contribution is 7.80. The maximum atomic E-state index is 12.5. The highest BCUT2D eigenvalue weighted by Crippen LogP contribution is 2.02. The van der Waals surface area contributed by atoms with Crippen molar-refractivity contribution >= 4 is 17.2 Å². The first-order chi connectivity index (χ1) is 5.24. The van der Waals surface area contributed by atoms with Gasteiger partial charge in [0.1, 0.15) is 10.8 Å². The van der Waals surface area contributed by atoms with Gasteiger partial charge < -0.3 is 5.43 Å². The van der Waals surface area contributed by atoms with E-state index in [0.29, 0.717) is 10.6 Å². The summed E-state index contributed by atoms with van der Waals surface area (Å²) in [7, 11) is 0. The molecule has 0 saturated carbocycles. The Kier molecular flexibility index (Phi) is 2.51. The van der Waals surface area contributed by atoms with Crippen LogP contribution >= 0.6 is 12.2 Å². The number of halogens is 1. The standard InChI is InChI=1S/C7H7FN2S/c8-6-3-1-2-5(4-6)7(11)10-9/h1-4H,9H2,(H,10,11). The monoisotopic (exact) mass is 170 g/mol. The zero-order valence-electron chi connectivity index (χ0n) is 5.67. The Labute approximate surface area is 69.2 Å². The molecule has 0 aliphatic rings. The zero-order valence-corrected chi connectivity index (χ0v) is 6.49. The second-order valence-corrected chi connectivity index (χ2v) is 2.39. The molecular weight excluding hydrogens is 163 g/mol. The van der Waals surface area contributed by atoms with Crippen LogP contribution in [-0.4, -0.2) is 4.99 Å². The average Bonchev–Trinajstić information content (AvgIpc) is 2.03. The van der Waals surface area contributed by atoms with Crippen molar-refractivity contribution in [1.82, 2.24) is 5.43 Å². The number of thiocarbonyl (C=S) groups is 1. The Morgan fingerprint density at radius 3 is 2.82 bits per heavy atom. The first-order valence-corrected chi connectivity index (χ1v) is 3.41. The minimum absolute atomic E-state index is 0.319. The normalized spacial score (nSPS) is 9.27. The van der Waals surface area contributed by atoms with Crippen molar-refractivity contribution in [1.29, 1.82) is 0 Å². The van der Waals surface area contributed by atoms with Crippen molar-refractivity contribution in [3.05, 3.63) is 35.6 Å². The van der Waals surface area contributed by atoms with Gasteiger partial charge in [0, 0.05) is 5.56 Å². The average molecular weight is 170 g/mol. The molecule has 0 fully saturated rings. The largest absolute Gasteiger partial charge is 0.314 e. The molecule has 0 bridgehead atoms. The van der Waals surface area contributed by atoms with Crippen LogP contribution in [0, 0.1) is 5.82 Å². The highest BCUT2D eigenvalue weighted by atomic mass is 32.1. The molecule has 0 amide bonds. The maximum Gasteiger partial charge on any atom is 0.123 e. The first-order valence-electron chi connectivity index (χ1n) is 3.00. The fourth-order valence-electron chi connectivity index (χ4n) is 0.713. The maximum absolute atomic E-state index is 12.5. The van der Waals surface area contributed by atoms with Crippen LogP contribution in [0.1, 0.15) is 5.56 Å². The minimum atomic E-state index is -0.319. The Hall–Kier alpha value is -1.00. The smallest absolute Gasteiger partial charge is 0.123 e. The number of nitrogens with one attached hydrogen (secondary N) is 1. The Morgan fingerprint density at radius 1 is 1.55 bits per heavy atom. The summed E-state index contributed by atoms with van der Waals surface area (Å²) in [6, 6.07) is 5.93. The van der Waals surface area contributed by atoms with Gasteiger partial charge >= 0.3 is 0 Å². The van der Waals surface area contributed by atoms with Gasteiger partial charge in [-0.1, -0.05) is 24.4 Å². The van der Waals surface area contributed by atoms with Crippen LogP contribution in [0.15, 0.2) is 24.3 Å². The number of hydrogen-bond donors (Lipinski definition) is 2. The van der Waals surface area contributed by atoms with Gasteiger partial charge in [0.15, 0.2) is 0 Å². The second-order valence-electron chi connectivity index (χ2n) is 1.98. The molecule has 0 radical (unpaired) electrons. The van der Waals surface area contributed by atoms with Crippen LogP contribution < -0.4 is 11.3 Å². The first kappa shape index (κ1) is 8.10. The van der Waals surface area contributed by atoms with E-state index >= 15 is 0 Å². The van der Waals surface area contributed by atoms with Crippen LogP contribution in [0.5, 0.6) is 0 Å². The topological polar surface area (TPSA) is 38.0 Å². The molecule has 0 spiro atoms. The molecule has 4 heteroatoms. The predicted octanol–water partition coefficient (Wildman–Crippen LogP) is 0.965. The Bertz CT molecular complexity index is 275.